The summed E-state index contributed by atoms with van der Waals surface area (Å²) in [7, 11) is 0. The van der Waals surface area contributed by atoms with E-state index < -0.39 is 11.7 Å². The summed E-state index contributed by atoms with van der Waals surface area (Å²) in [6.07, 6.45) is -3.60. The number of ether oxygens (including phenoxy) is 1. The molecule has 1 aromatic heterocycles. The number of pyridine rings is 1. The molecule has 4 nitrogen and oxygen atoms in total. The minimum Gasteiger partial charge on any atom is -0.492 e. The van der Waals surface area contributed by atoms with Crippen molar-refractivity contribution in [1.29, 1.82) is 0 Å². The summed E-state index contributed by atoms with van der Waals surface area (Å²) in [5, 5.41) is 0.0288. The minimum absolute atomic E-state index is 0.0288. The van der Waals surface area contributed by atoms with Gasteiger partial charge in [0.2, 0.25) is 0 Å². The van der Waals surface area contributed by atoms with Crippen LogP contribution in [-0.4, -0.2) is 49.2 Å². The van der Waals surface area contributed by atoms with Crippen LogP contribution in [0.15, 0.2) is 36.5 Å². The molecule has 0 amide bonds. The molecule has 0 bridgehead atoms. The molecule has 0 N–H and O–H groups in total. The monoisotopic (exact) mass is 399 g/mol. The molecule has 0 unspecified atom stereocenters. The van der Waals surface area contributed by atoms with E-state index >= 15 is 0 Å². The van der Waals surface area contributed by atoms with Crippen molar-refractivity contribution in [3.05, 3.63) is 52.7 Å². The van der Waals surface area contributed by atoms with Crippen molar-refractivity contribution in [2.45, 2.75) is 13.1 Å². The van der Waals surface area contributed by atoms with Crippen LogP contribution in [-0.2, 0) is 6.18 Å². The van der Waals surface area contributed by atoms with Gasteiger partial charge < -0.3 is 9.64 Å². The molecule has 0 radical (unpaired) electrons. The lowest BCUT2D eigenvalue weighted by molar-refractivity contribution is -0.137. The van der Waals surface area contributed by atoms with Crippen LogP contribution in [0.25, 0.3) is 0 Å². The van der Waals surface area contributed by atoms with Crippen LogP contribution < -0.4 is 9.64 Å². The molecular formula is C19H21ClF3N3O. The number of hydrogen-bond donors (Lipinski definition) is 0. The molecule has 1 fully saturated rings. The van der Waals surface area contributed by atoms with E-state index in [9.17, 15) is 13.2 Å². The largest absolute Gasteiger partial charge is 0.492 e. The highest BCUT2D eigenvalue weighted by Crippen LogP contribution is 2.33. The van der Waals surface area contributed by atoms with Crippen LogP contribution in [0.4, 0.5) is 19.0 Å². The van der Waals surface area contributed by atoms with E-state index in [0.717, 1.165) is 43.2 Å². The van der Waals surface area contributed by atoms with Gasteiger partial charge in [0.15, 0.2) is 0 Å². The number of hydrogen-bond acceptors (Lipinski definition) is 4. The van der Waals surface area contributed by atoms with E-state index in [1.165, 1.54) is 0 Å². The van der Waals surface area contributed by atoms with Crippen molar-refractivity contribution < 1.29 is 17.9 Å². The normalized spacial score (nSPS) is 15.8. The van der Waals surface area contributed by atoms with E-state index in [1.807, 2.05) is 36.1 Å². The number of benzene rings is 1. The van der Waals surface area contributed by atoms with Crippen LogP contribution in [0.1, 0.15) is 11.1 Å². The molecule has 0 saturated carbocycles. The number of aryl methyl sites for hydroxylation is 1. The number of piperazine rings is 1. The third kappa shape index (κ3) is 5.26. The Bertz CT molecular complexity index is 777. The number of halogens is 4. The molecule has 1 saturated heterocycles. The first-order chi connectivity index (χ1) is 12.8. The Labute approximate surface area is 161 Å². The summed E-state index contributed by atoms with van der Waals surface area (Å²) in [6, 6.07) is 8.85. The average Bonchev–Trinajstić information content (AvgIpc) is 2.62. The predicted octanol–water partition coefficient (Wildman–Crippen LogP) is 4.26. The van der Waals surface area contributed by atoms with Gasteiger partial charge in [-0.15, -0.1) is 0 Å². The predicted molar refractivity (Wildman–Crippen MR) is 99.6 cm³/mol. The fourth-order valence-electron chi connectivity index (χ4n) is 3.00. The molecule has 146 valence electrons. The smallest absolute Gasteiger partial charge is 0.417 e. The maximum Gasteiger partial charge on any atom is 0.417 e. The van der Waals surface area contributed by atoms with Gasteiger partial charge in [0.05, 0.1) is 10.6 Å². The summed E-state index contributed by atoms with van der Waals surface area (Å²) < 4.78 is 43.9. The summed E-state index contributed by atoms with van der Waals surface area (Å²) in [5.74, 6) is 1.26. The molecule has 1 aromatic carbocycles. The fraction of sp³-hybridized carbons (Fsp3) is 0.421. The second-order valence-corrected chi connectivity index (χ2v) is 6.93. The zero-order valence-electron chi connectivity index (χ0n) is 15.0. The molecule has 0 aliphatic carbocycles. The molecule has 27 heavy (non-hydrogen) atoms. The first-order valence-corrected chi connectivity index (χ1v) is 9.10. The van der Waals surface area contributed by atoms with Crippen molar-refractivity contribution in [2.75, 3.05) is 44.2 Å². The Kier molecular flexibility index (Phi) is 6.11. The van der Waals surface area contributed by atoms with Gasteiger partial charge in [0.1, 0.15) is 18.2 Å². The van der Waals surface area contributed by atoms with Crippen LogP contribution in [0.3, 0.4) is 0 Å². The standard InChI is InChI=1S/C19H21ClF3N3O/c1-14-3-2-4-16(11-14)27-10-9-25-5-7-26(8-6-25)18-17(20)12-15(13-24-18)19(21,22)23/h2-4,11-13H,5-10H2,1H3. The second kappa shape index (κ2) is 8.35. The van der Waals surface area contributed by atoms with Crippen molar-refractivity contribution in [2.24, 2.45) is 0 Å². The Morgan fingerprint density at radius 3 is 2.52 bits per heavy atom. The van der Waals surface area contributed by atoms with E-state index in [1.54, 1.807) is 0 Å². The summed E-state index contributed by atoms with van der Waals surface area (Å²) in [4.78, 5) is 8.11. The zero-order chi connectivity index (χ0) is 19.4. The molecule has 1 aliphatic rings. The highest BCUT2D eigenvalue weighted by Gasteiger charge is 2.32. The van der Waals surface area contributed by atoms with Gasteiger partial charge in [-0.1, -0.05) is 23.7 Å². The van der Waals surface area contributed by atoms with Gasteiger partial charge in [-0.3, -0.25) is 4.90 Å². The molecule has 8 heteroatoms. The summed E-state index contributed by atoms with van der Waals surface area (Å²) in [6.45, 7) is 6.25. The number of rotatable bonds is 5. The molecule has 2 heterocycles. The van der Waals surface area contributed by atoms with Crippen molar-refractivity contribution in [1.82, 2.24) is 9.88 Å². The van der Waals surface area contributed by atoms with Gasteiger partial charge >= 0.3 is 6.18 Å². The van der Waals surface area contributed by atoms with Gasteiger partial charge in [-0.05, 0) is 30.7 Å². The Morgan fingerprint density at radius 2 is 1.89 bits per heavy atom. The lowest BCUT2D eigenvalue weighted by atomic mass is 10.2. The molecule has 0 spiro atoms. The molecular weight excluding hydrogens is 379 g/mol. The van der Waals surface area contributed by atoms with Gasteiger partial charge in [0.25, 0.3) is 0 Å². The number of anilines is 1. The van der Waals surface area contributed by atoms with Crippen LogP contribution in [0.2, 0.25) is 5.02 Å². The van der Waals surface area contributed by atoms with E-state index in [-0.39, 0.29) is 5.02 Å². The van der Waals surface area contributed by atoms with Crippen LogP contribution in [0, 0.1) is 6.92 Å². The first kappa shape index (κ1) is 19.8. The highest BCUT2D eigenvalue weighted by atomic mass is 35.5. The second-order valence-electron chi connectivity index (χ2n) is 6.52. The fourth-order valence-corrected chi connectivity index (χ4v) is 3.29. The zero-order valence-corrected chi connectivity index (χ0v) is 15.7. The number of nitrogens with zero attached hydrogens (tertiary/aromatic N) is 3. The Hall–Kier alpha value is -1.99. The van der Waals surface area contributed by atoms with Crippen LogP contribution >= 0.6 is 11.6 Å². The number of aromatic nitrogens is 1. The maximum atomic E-state index is 12.7. The van der Waals surface area contributed by atoms with Crippen molar-refractivity contribution in [3.8, 4) is 5.75 Å². The molecule has 1 aliphatic heterocycles. The van der Waals surface area contributed by atoms with Gasteiger partial charge in [-0.2, -0.15) is 13.2 Å². The quantitative estimate of drug-likeness (QED) is 0.751. The third-order valence-electron chi connectivity index (χ3n) is 4.49. The molecule has 2 aromatic rings. The van der Waals surface area contributed by atoms with E-state index in [2.05, 4.69) is 9.88 Å². The summed E-state index contributed by atoms with van der Waals surface area (Å²) >= 11 is 6.03. The van der Waals surface area contributed by atoms with Crippen molar-refractivity contribution in [3.63, 3.8) is 0 Å². The minimum atomic E-state index is -4.44. The SMILES string of the molecule is Cc1cccc(OCCN2CCN(c3ncc(C(F)(F)F)cc3Cl)CC2)c1. The lowest BCUT2D eigenvalue weighted by Gasteiger charge is -2.35. The molecule has 0 atom stereocenters. The Balaban J connectivity index is 1.49. The summed E-state index contributed by atoms with van der Waals surface area (Å²) in [5.41, 5.74) is 0.324. The molecule has 3 rings (SSSR count). The topological polar surface area (TPSA) is 28.6 Å². The third-order valence-corrected chi connectivity index (χ3v) is 4.76. The average molecular weight is 400 g/mol. The van der Waals surface area contributed by atoms with Crippen LogP contribution in [0.5, 0.6) is 5.75 Å². The Morgan fingerprint density at radius 1 is 1.15 bits per heavy atom. The van der Waals surface area contributed by atoms with Gasteiger partial charge in [0, 0.05) is 38.9 Å². The van der Waals surface area contributed by atoms with Gasteiger partial charge in [-0.25, -0.2) is 4.98 Å². The van der Waals surface area contributed by atoms with E-state index in [0.29, 0.717) is 25.5 Å². The lowest BCUT2D eigenvalue weighted by Crippen LogP contribution is -2.47. The maximum absolute atomic E-state index is 12.7. The van der Waals surface area contributed by atoms with Crippen molar-refractivity contribution >= 4 is 17.4 Å². The van der Waals surface area contributed by atoms with E-state index in [4.69, 9.17) is 16.3 Å². The highest BCUT2D eigenvalue weighted by molar-refractivity contribution is 6.33. The first-order valence-electron chi connectivity index (χ1n) is 8.72. The number of alkyl halides is 3.